The van der Waals surface area contributed by atoms with Crippen molar-refractivity contribution in [2.24, 2.45) is 16.7 Å². The van der Waals surface area contributed by atoms with Gasteiger partial charge < -0.3 is 19.7 Å². The molecule has 2 saturated carbocycles. The molecular formula is C46H54N8O7. The van der Waals surface area contributed by atoms with Crippen molar-refractivity contribution in [2.45, 2.75) is 117 Å². The van der Waals surface area contributed by atoms with E-state index in [4.69, 9.17) is 9.47 Å². The molecule has 15 heteroatoms. The number of benzene rings is 2. The van der Waals surface area contributed by atoms with Crippen LogP contribution in [-0.2, 0) is 9.59 Å². The van der Waals surface area contributed by atoms with E-state index in [1.807, 2.05) is 26.0 Å². The summed E-state index contributed by atoms with van der Waals surface area (Å²) >= 11 is 0. The van der Waals surface area contributed by atoms with E-state index in [-0.39, 0.29) is 64.6 Å². The van der Waals surface area contributed by atoms with Gasteiger partial charge in [0.15, 0.2) is 0 Å². The molecule has 15 nitrogen and oxygen atoms in total. The molecule has 0 bridgehead atoms. The third kappa shape index (κ3) is 7.49. The summed E-state index contributed by atoms with van der Waals surface area (Å²) in [4.78, 5) is 78.7. The molecular weight excluding hydrogens is 777 g/mol. The van der Waals surface area contributed by atoms with Gasteiger partial charge >= 0.3 is 0 Å². The third-order valence-electron chi connectivity index (χ3n) is 13.5. The smallest absolute Gasteiger partial charge is 0.271 e. The number of aryl methyl sites for hydroxylation is 2. The molecule has 4 heterocycles. The molecule has 2 aromatic carbocycles. The van der Waals surface area contributed by atoms with Crippen LogP contribution in [0.15, 0.2) is 42.7 Å². The number of carbonyl (C=O) groups excluding carboxylic acids is 5. The first-order chi connectivity index (χ1) is 28.9. The second-order valence-corrected chi connectivity index (χ2v) is 18.9. The van der Waals surface area contributed by atoms with Crippen LogP contribution in [0.4, 0.5) is 5.82 Å². The van der Waals surface area contributed by atoms with Gasteiger partial charge in [0.1, 0.15) is 41.3 Å². The minimum Gasteiger partial charge on any atom is -0.490 e. The number of nitrogens with one attached hydrogen (secondary N) is 2. The first-order valence-electron chi connectivity index (χ1n) is 21.2. The molecule has 3 aromatic rings. The number of carbonyl (C=O) groups is 5. The van der Waals surface area contributed by atoms with Crippen molar-refractivity contribution in [3.63, 3.8) is 0 Å². The molecule has 0 radical (unpaired) electrons. The number of amides is 5. The summed E-state index contributed by atoms with van der Waals surface area (Å²) in [6, 6.07) is 10.4. The first-order valence-corrected chi connectivity index (χ1v) is 21.2. The lowest BCUT2D eigenvalue weighted by Crippen LogP contribution is -2.74. The van der Waals surface area contributed by atoms with E-state index in [0.29, 0.717) is 29.3 Å². The number of nitrogens with zero attached hydrogens (tertiary/aromatic N) is 6. The Morgan fingerprint density at radius 2 is 1.62 bits per heavy atom. The van der Waals surface area contributed by atoms with Crippen molar-refractivity contribution >= 4 is 35.4 Å². The Morgan fingerprint density at radius 3 is 2.23 bits per heavy atom. The molecule has 2 N–H and O–H groups in total. The molecule has 0 spiro atoms. The Balaban J connectivity index is 0.801. The summed E-state index contributed by atoms with van der Waals surface area (Å²) in [5.74, 6) is -0.0129. The number of anilines is 1. The van der Waals surface area contributed by atoms with Gasteiger partial charge in [-0.15, -0.1) is 0 Å². The van der Waals surface area contributed by atoms with Gasteiger partial charge in [-0.2, -0.15) is 5.26 Å². The van der Waals surface area contributed by atoms with Gasteiger partial charge in [-0.3, -0.25) is 39.1 Å². The number of ether oxygens (including phenoxy) is 2. The monoisotopic (exact) mass is 830 g/mol. The Bertz CT molecular complexity index is 2300. The summed E-state index contributed by atoms with van der Waals surface area (Å²) < 4.78 is 12.8. The standard InChI is InChI=1S/C46H54N8O7/c1-24(2)53(28-15-31(16-28)60-29-9-10-32-33(17-29)42(59)54(41(32)58)36-11-12-38(55)50-40(36)57)23-27-21-52(22-27)37-20-48-35(19-49-37)39(56)51-43-45(5,6)44(46(43,7)8)61-30-13-25(3)34(18-47)26(4)14-30/h9-10,13-14,17,19-20,24,27-28,31,36,43-44H,11-12,15-16,21-23H2,1-8H3,(H,51,56)(H,50,55,57)/t28?,31?,36-,43?,44?/m1/s1. The first kappa shape index (κ1) is 41.8. The number of aromatic nitrogens is 2. The lowest BCUT2D eigenvalue weighted by atomic mass is 9.49. The van der Waals surface area contributed by atoms with Gasteiger partial charge in [-0.1, -0.05) is 27.7 Å². The van der Waals surface area contributed by atoms with Crippen molar-refractivity contribution in [2.75, 3.05) is 24.5 Å². The van der Waals surface area contributed by atoms with Crippen LogP contribution >= 0.6 is 0 Å². The van der Waals surface area contributed by atoms with Crippen LogP contribution in [0.2, 0.25) is 0 Å². The summed E-state index contributed by atoms with van der Waals surface area (Å²) in [7, 11) is 0. The van der Waals surface area contributed by atoms with Crippen molar-refractivity contribution in [1.29, 1.82) is 5.26 Å². The van der Waals surface area contributed by atoms with Crippen LogP contribution in [0, 0.1) is 41.9 Å². The zero-order valence-electron chi connectivity index (χ0n) is 36.1. The van der Waals surface area contributed by atoms with Crippen molar-refractivity contribution in [3.8, 4) is 17.6 Å². The molecule has 61 heavy (non-hydrogen) atoms. The normalized spacial score (nSPS) is 25.3. The van der Waals surface area contributed by atoms with Gasteiger partial charge in [0.05, 0.1) is 35.2 Å². The summed E-state index contributed by atoms with van der Waals surface area (Å²) in [6.45, 7) is 19.2. The Hall–Kier alpha value is -5.88. The average molecular weight is 831 g/mol. The zero-order chi connectivity index (χ0) is 43.7. The maximum absolute atomic E-state index is 13.5. The second kappa shape index (κ2) is 15.5. The van der Waals surface area contributed by atoms with E-state index in [2.05, 4.69) is 78.0 Å². The van der Waals surface area contributed by atoms with Gasteiger partial charge in [-0.25, -0.2) is 9.97 Å². The van der Waals surface area contributed by atoms with Crippen molar-refractivity contribution in [3.05, 3.63) is 76.2 Å². The lowest BCUT2D eigenvalue weighted by molar-refractivity contribution is -0.164. The fourth-order valence-electron chi connectivity index (χ4n) is 10.5. The number of nitriles is 1. The van der Waals surface area contributed by atoms with Gasteiger partial charge in [-0.05, 0) is 75.6 Å². The highest BCUT2D eigenvalue weighted by Crippen LogP contribution is 2.55. The maximum Gasteiger partial charge on any atom is 0.271 e. The van der Waals surface area contributed by atoms with Crippen LogP contribution in [0.1, 0.15) is 115 Å². The van der Waals surface area contributed by atoms with E-state index in [0.717, 1.165) is 60.1 Å². The van der Waals surface area contributed by atoms with E-state index in [1.54, 1.807) is 30.6 Å². The number of piperidine rings is 1. The van der Waals surface area contributed by atoms with E-state index in [1.165, 1.54) is 0 Å². The zero-order valence-corrected chi connectivity index (χ0v) is 36.1. The summed E-state index contributed by atoms with van der Waals surface area (Å²) in [5.41, 5.74) is 2.37. The Morgan fingerprint density at radius 1 is 0.951 bits per heavy atom. The lowest BCUT2D eigenvalue weighted by Gasteiger charge is -2.63. The van der Waals surface area contributed by atoms with Gasteiger partial charge in [0.25, 0.3) is 17.7 Å². The van der Waals surface area contributed by atoms with Crippen molar-refractivity contribution < 1.29 is 33.4 Å². The van der Waals surface area contributed by atoms with Gasteiger partial charge in [0.2, 0.25) is 11.8 Å². The van der Waals surface area contributed by atoms with Crippen LogP contribution in [-0.4, -0.2) is 105 Å². The topological polar surface area (TPSA) is 187 Å². The quantitative estimate of drug-likeness (QED) is 0.239. The van der Waals surface area contributed by atoms with E-state index in [9.17, 15) is 29.2 Å². The second-order valence-electron chi connectivity index (χ2n) is 18.9. The molecule has 320 valence electrons. The molecule has 5 aliphatic rings. The SMILES string of the molecule is Cc1cc(OC2C(C)(C)C(NC(=O)c3cnc(N4CC(CN(C(C)C)C5CC(Oc6ccc7c(c6)C(=O)N([C@@H]6CCC(=O)NC6=O)C7=O)C5)C4)cn3)C2(C)C)cc(C)c1C#N. The fourth-order valence-corrected chi connectivity index (χ4v) is 10.5. The maximum atomic E-state index is 13.5. The molecule has 5 amide bonds. The van der Waals surface area contributed by atoms with Crippen LogP contribution in [0.3, 0.4) is 0 Å². The largest absolute Gasteiger partial charge is 0.490 e. The average Bonchev–Trinajstić information content (AvgIpc) is 3.41. The highest BCUT2D eigenvalue weighted by Gasteiger charge is 2.64. The van der Waals surface area contributed by atoms with Crippen LogP contribution in [0.5, 0.6) is 11.5 Å². The fraction of sp³-hybridized carbons (Fsp3) is 0.522. The predicted molar refractivity (Wildman–Crippen MR) is 224 cm³/mol. The molecule has 2 aliphatic carbocycles. The third-order valence-corrected chi connectivity index (χ3v) is 13.5. The van der Waals surface area contributed by atoms with E-state index >= 15 is 0 Å². The van der Waals surface area contributed by atoms with Gasteiger partial charge in [0, 0.05) is 73.8 Å². The predicted octanol–water partition coefficient (Wildman–Crippen LogP) is 4.73. The molecule has 4 fully saturated rings. The Labute approximate surface area is 356 Å². The number of rotatable bonds is 12. The molecule has 1 aromatic heterocycles. The molecule has 1 atom stereocenters. The highest BCUT2D eigenvalue weighted by atomic mass is 16.5. The van der Waals surface area contributed by atoms with Crippen LogP contribution < -0.4 is 25.0 Å². The molecule has 3 aliphatic heterocycles. The number of hydrogen-bond donors (Lipinski definition) is 2. The highest BCUT2D eigenvalue weighted by molar-refractivity contribution is 6.23. The Kier molecular flexibility index (Phi) is 10.7. The van der Waals surface area contributed by atoms with E-state index < -0.39 is 29.7 Å². The summed E-state index contributed by atoms with van der Waals surface area (Å²) in [5, 5.41) is 14.9. The van der Waals surface area contributed by atoms with Crippen molar-refractivity contribution in [1.82, 2.24) is 30.4 Å². The minimum absolute atomic E-state index is 0.0367. The van der Waals surface area contributed by atoms with Crippen LogP contribution in [0.25, 0.3) is 0 Å². The molecule has 0 unspecified atom stereocenters. The number of fused-ring (bicyclic) bond motifs is 1. The number of hydrogen-bond acceptors (Lipinski definition) is 12. The molecule has 8 rings (SSSR count). The number of imide groups is 2. The minimum atomic E-state index is -1.01. The summed E-state index contributed by atoms with van der Waals surface area (Å²) in [6.07, 6.45) is 4.85. The molecule has 2 saturated heterocycles.